The van der Waals surface area contributed by atoms with Crippen molar-refractivity contribution < 1.29 is 9.50 Å². The summed E-state index contributed by atoms with van der Waals surface area (Å²) >= 11 is 6.70. The van der Waals surface area contributed by atoms with Gasteiger partial charge in [0.25, 0.3) is 0 Å². The van der Waals surface area contributed by atoms with Crippen molar-refractivity contribution in [3.8, 4) is 0 Å². The lowest BCUT2D eigenvalue weighted by atomic mass is 9.93. The minimum atomic E-state index is -0.268. The molecule has 2 aromatic rings. The maximum atomic E-state index is 13.3. The van der Waals surface area contributed by atoms with Gasteiger partial charge in [-0.05, 0) is 47.9 Å². The number of hydrogen-bond acceptors (Lipinski definition) is 1. The van der Waals surface area contributed by atoms with Crippen molar-refractivity contribution in [2.45, 2.75) is 12.3 Å². The number of halogens is 3. The van der Waals surface area contributed by atoms with E-state index in [1.54, 1.807) is 0 Å². The van der Waals surface area contributed by atoms with Crippen LogP contribution in [0.4, 0.5) is 4.39 Å². The number of hydrogen-bond donors (Lipinski definition) is 1. The summed E-state index contributed by atoms with van der Waals surface area (Å²) in [4.78, 5) is 0. The summed E-state index contributed by atoms with van der Waals surface area (Å²) in [5, 5.41) is 9.55. The first-order valence-electron chi connectivity index (χ1n) is 5.90. The van der Waals surface area contributed by atoms with Gasteiger partial charge >= 0.3 is 0 Å². The fraction of sp³-hybridized carbons (Fsp3) is 0.200. The molecule has 0 spiro atoms. The highest BCUT2D eigenvalue weighted by atomic mass is 79.9. The van der Waals surface area contributed by atoms with Gasteiger partial charge in [0.2, 0.25) is 0 Å². The molecule has 1 N–H and O–H groups in total. The maximum Gasteiger partial charge on any atom is 0.124 e. The maximum absolute atomic E-state index is 13.3. The predicted molar refractivity (Wildman–Crippen MR) is 81.8 cm³/mol. The Labute approximate surface area is 128 Å². The van der Waals surface area contributed by atoms with Crippen LogP contribution in [-0.4, -0.2) is 11.7 Å². The molecule has 0 aliphatic carbocycles. The molecular weight excluding hydrogens is 375 g/mol. The Morgan fingerprint density at radius 3 is 2.47 bits per heavy atom. The molecule has 0 heterocycles. The highest BCUT2D eigenvalue weighted by Crippen LogP contribution is 2.25. The molecule has 1 unspecified atom stereocenters. The van der Waals surface area contributed by atoms with Gasteiger partial charge in [-0.1, -0.05) is 44.0 Å². The SMILES string of the molecule is OCC(Cc1cc(F)cc(Br)c1)c1cccc(Br)c1. The predicted octanol–water partition coefficient (Wildman–Crippen LogP) is 4.67. The monoisotopic (exact) mass is 386 g/mol. The molecule has 2 aromatic carbocycles. The van der Waals surface area contributed by atoms with E-state index < -0.39 is 0 Å². The lowest BCUT2D eigenvalue weighted by Gasteiger charge is -2.15. The molecule has 4 heteroatoms. The second-order valence-electron chi connectivity index (χ2n) is 4.42. The minimum absolute atomic E-state index is 0.0323. The van der Waals surface area contributed by atoms with Gasteiger partial charge in [-0.3, -0.25) is 0 Å². The molecule has 100 valence electrons. The van der Waals surface area contributed by atoms with E-state index in [2.05, 4.69) is 31.9 Å². The Bertz CT molecular complexity index is 552. The molecule has 0 amide bonds. The molecule has 0 aliphatic heterocycles. The van der Waals surface area contributed by atoms with Crippen molar-refractivity contribution in [3.05, 3.63) is 68.4 Å². The van der Waals surface area contributed by atoms with Gasteiger partial charge in [0.15, 0.2) is 0 Å². The van der Waals surface area contributed by atoms with Crippen molar-refractivity contribution in [2.75, 3.05) is 6.61 Å². The third-order valence-corrected chi connectivity index (χ3v) is 3.90. The summed E-state index contributed by atoms with van der Waals surface area (Å²) in [6.45, 7) is 0.0323. The fourth-order valence-corrected chi connectivity index (χ4v) is 2.99. The Morgan fingerprint density at radius 1 is 1.05 bits per heavy atom. The quantitative estimate of drug-likeness (QED) is 0.808. The van der Waals surface area contributed by atoms with E-state index in [1.165, 1.54) is 12.1 Å². The van der Waals surface area contributed by atoms with Crippen LogP contribution in [0, 0.1) is 5.82 Å². The average molecular weight is 388 g/mol. The number of aliphatic hydroxyl groups is 1. The minimum Gasteiger partial charge on any atom is -0.396 e. The fourth-order valence-electron chi connectivity index (χ4n) is 2.06. The van der Waals surface area contributed by atoms with Gasteiger partial charge in [0, 0.05) is 14.9 Å². The molecule has 19 heavy (non-hydrogen) atoms. The number of aliphatic hydroxyl groups excluding tert-OH is 1. The average Bonchev–Trinajstić information content (AvgIpc) is 2.34. The smallest absolute Gasteiger partial charge is 0.124 e. The molecule has 0 fully saturated rings. The standard InChI is InChI=1S/C15H13Br2FO/c16-13-3-1-2-11(7-13)12(9-19)4-10-5-14(17)8-15(18)6-10/h1-3,5-8,12,19H,4,9H2. The van der Waals surface area contributed by atoms with E-state index >= 15 is 0 Å². The van der Waals surface area contributed by atoms with Crippen LogP contribution in [0.3, 0.4) is 0 Å². The van der Waals surface area contributed by atoms with Crippen molar-refractivity contribution in [1.82, 2.24) is 0 Å². The first-order valence-corrected chi connectivity index (χ1v) is 7.48. The van der Waals surface area contributed by atoms with E-state index in [1.807, 2.05) is 30.3 Å². The zero-order chi connectivity index (χ0) is 13.8. The summed E-state index contributed by atoms with van der Waals surface area (Å²) in [6.07, 6.45) is 0.601. The Balaban J connectivity index is 2.23. The molecule has 2 rings (SSSR count). The first kappa shape index (κ1) is 14.7. The summed E-state index contributed by atoms with van der Waals surface area (Å²) in [5.41, 5.74) is 1.91. The van der Waals surface area contributed by atoms with Crippen LogP contribution in [0.15, 0.2) is 51.4 Å². The van der Waals surface area contributed by atoms with Gasteiger partial charge in [0.05, 0.1) is 6.61 Å². The summed E-state index contributed by atoms with van der Waals surface area (Å²) in [7, 11) is 0. The lowest BCUT2D eigenvalue weighted by molar-refractivity contribution is 0.264. The Hall–Kier alpha value is -0.710. The van der Waals surface area contributed by atoms with Gasteiger partial charge in [-0.25, -0.2) is 4.39 Å². The van der Waals surface area contributed by atoms with E-state index in [9.17, 15) is 9.50 Å². The number of benzene rings is 2. The Kier molecular flexibility index (Phi) is 5.13. The van der Waals surface area contributed by atoms with Crippen molar-refractivity contribution in [3.63, 3.8) is 0 Å². The van der Waals surface area contributed by atoms with Crippen LogP contribution >= 0.6 is 31.9 Å². The highest BCUT2D eigenvalue weighted by Gasteiger charge is 2.12. The molecular formula is C15H13Br2FO. The van der Waals surface area contributed by atoms with Gasteiger partial charge in [0.1, 0.15) is 5.82 Å². The molecule has 1 atom stereocenters. The van der Waals surface area contributed by atoms with E-state index in [4.69, 9.17) is 0 Å². The highest BCUT2D eigenvalue weighted by molar-refractivity contribution is 9.10. The third kappa shape index (κ3) is 4.13. The van der Waals surface area contributed by atoms with E-state index in [0.717, 1.165) is 15.6 Å². The molecule has 0 saturated heterocycles. The van der Waals surface area contributed by atoms with Crippen LogP contribution in [0.5, 0.6) is 0 Å². The normalized spacial score (nSPS) is 12.4. The zero-order valence-corrected chi connectivity index (χ0v) is 13.3. The summed E-state index contributed by atoms with van der Waals surface area (Å²) < 4.78 is 15.0. The van der Waals surface area contributed by atoms with E-state index in [0.29, 0.717) is 10.9 Å². The van der Waals surface area contributed by atoms with Crippen molar-refractivity contribution >= 4 is 31.9 Å². The third-order valence-electron chi connectivity index (χ3n) is 2.94. The molecule has 0 saturated carbocycles. The second kappa shape index (κ2) is 6.64. The van der Waals surface area contributed by atoms with Crippen LogP contribution in [0.2, 0.25) is 0 Å². The van der Waals surface area contributed by atoms with E-state index in [-0.39, 0.29) is 18.3 Å². The van der Waals surface area contributed by atoms with Gasteiger partial charge < -0.3 is 5.11 Å². The van der Waals surface area contributed by atoms with Crippen LogP contribution in [0.25, 0.3) is 0 Å². The second-order valence-corrected chi connectivity index (χ2v) is 6.25. The molecule has 0 aromatic heterocycles. The zero-order valence-electron chi connectivity index (χ0n) is 10.1. The Morgan fingerprint density at radius 2 is 1.84 bits per heavy atom. The molecule has 0 aliphatic rings. The summed E-state index contributed by atoms with van der Waals surface area (Å²) in [6, 6.07) is 12.6. The van der Waals surface area contributed by atoms with Crippen molar-refractivity contribution in [2.24, 2.45) is 0 Å². The first-order chi connectivity index (χ1) is 9.08. The largest absolute Gasteiger partial charge is 0.396 e. The van der Waals surface area contributed by atoms with Crippen LogP contribution in [-0.2, 0) is 6.42 Å². The van der Waals surface area contributed by atoms with Gasteiger partial charge in [-0.2, -0.15) is 0 Å². The summed E-state index contributed by atoms with van der Waals surface area (Å²) in [5.74, 6) is -0.304. The molecule has 0 bridgehead atoms. The number of rotatable bonds is 4. The van der Waals surface area contributed by atoms with Crippen molar-refractivity contribution in [1.29, 1.82) is 0 Å². The van der Waals surface area contributed by atoms with Crippen LogP contribution < -0.4 is 0 Å². The molecule has 0 radical (unpaired) electrons. The van der Waals surface area contributed by atoms with Gasteiger partial charge in [-0.15, -0.1) is 0 Å². The topological polar surface area (TPSA) is 20.2 Å². The molecule has 1 nitrogen and oxygen atoms in total. The lowest BCUT2D eigenvalue weighted by Crippen LogP contribution is -2.08. The van der Waals surface area contributed by atoms with Crippen LogP contribution in [0.1, 0.15) is 17.0 Å².